The average molecular weight is 481 g/mol. The molecule has 0 atom stereocenters. The van der Waals surface area contributed by atoms with Crippen LogP contribution in [0.5, 0.6) is 0 Å². The summed E-state index contributed by atoms with van der Waals surface area (Å²) in [7, 11) is 0. The van der Waals surface area contributed by atoms with Crippen molar-refractivity contribution in [2.45, 2.75) is 0 Å². The predicted molar refractivity (Wildman–Crippen MR) is 123 cm³/mol. The molecule has 0 radical (unpaired) electrons. The number of anilines is 1. The van der Waals surface area contributed by atoms with Crippen LogP contribution in [0.15, 0.2) is 76.0 Å². The van der Waals surface area contributed by atoms with Crippen LogP contribution < -0.4 is 10.6 Å². The third-order valence-electron chi connectivity index (χ3n) is 4.38. The maximum Gasteiger partial charge on any atom is 0.342 e. The van der Waals surface area contributed by atoms with Crippen LogP contribution in [0.1, 0.15) is 30.6 Å². The summed E-state index contributed by atoms with van der Waals surface area (Å²) in [5, 5.41) is 8.63. The summed E-state index contributed by atoms with van der Waals surface area (Å²) in [5.41, 5.74) is 1.43. The molecule has 0 bridgehead atoms. The lowest BCUT2D eigenvalue weighted by atomic mass is 10.0. The second kappa shape index (κ2) is 10.1. The first-order chi connectivity index (χ1) is 16.0. The maximum absolute atomic E-state index is 13.0. The Balaban J connectivity index is 1.52. The van der Waals surface area contributed by atoms with E-state index < -0.39 is 24.4 Å². The van der Waals surface area contributed by atoms with Crippen LogP contribution in [0.4, 0.5) is 5.00 Å². The van der Waals surface area contributed by atoms with E-state index in [1.807, 2.05) is 30.3 Å². The maximum atomic E-state index is 13.0. The second-order valence-electron chi connectivity index (χ2n) is 6.58. The third-order valence-corrected chi connectivity index (χ3v) is 6.15. The molecule has 10 heteroatoms. The van der Waals surface area contributed by atoms with Gasteiger partial charge in [-0.05, 0) is 29.1 Å². The lowest BCUT2D eigenvalue weighted by Crippen LogP contribution is -2.34. The van der Waals surface area contributed by atoms with Crippen molar-refractivity contribution in [3.8, 4) is 11.1 Å². The van der Waals surface area contributed by atoms with Gasteiger partial charge in [-0.25, -0.2) is 4.79 Å². The lowest BCUT2D eigenvalue weighted by Gasteiger charge is -2.09. The number of benzene rings is 1. The van der Waals surface area contributed by atoms with E-state index in [0.717, 1.165) is 5.56 Å². The fraction of sp³-hybridized carbons (Fsp3) is 0.0435. The Morgan fingerprint density at radius 1 is 0.909 bits per heavy atom. The van der Waals surface area contributed by atoms with Crippen LogP contribution in [0.3, 0.4) is 0 Å². The minimum Gasteiger partial charge on any atom is -0.459 e. The van der Waals surface area contributed by atoms with Gasteiger partial charge in [0.15, 0.2) is 12.4 Å². The molecule has 33 heavy (non-hydrogen) atoms. The highest BCUT2D eigenvalue weighted by atomic mass is 32.1. The van der Waals surface area contributed by atoms with Crippen molar-refractivity contribution in [3.63, 3.8) is 0 Å². The van der Waals surface area contributed by atoms with Crippen LogP contribution in [-0.2, 0) is 9.53 Å². The SMILES string of the molecule is O=C(COC(=O)c1c(-c2ccccc2)csc1NC(=O)c1cccs1)NC(=O)c1ccco1. The van der Waals surface area contributed by atoms with Gasteiger partial charge in [0.25, 0.3) is 17.7 Å². The number of carbonyl (C=O) groups is 4. The number of esters is 1. The first-order valence-electron chi connectivity index (χ1n) is 9.59. The Bertz CT molecular complexity index is 1280. The molecule has 0 spiro atoms. The number of nitrogens with one attached hydrogen (secondary N) is 2. The summed E-state index contributed by atoms with van der Waals surface area (Å²) in [6.45, 7) is -0.687. The van der Waals surface area contributed by atoms with Gasteiger partial charge in [-0.2, -0.15) is 0 Å². The topological polar surface area (TPSA) is 115 Å². The largest absolute Gasteiger partial charge is 0.459 e. The van der Waals surface area contributed by atoms with Crippen molar-refractivity contribution in [2.24, 2.45) is 0 Å². The number of hydrogen-bond acceptors (Lipinski definition) is 8. The quantitative estimate of drug-likeness (QED) is 0.378. The van der Waals surface area contributed by atoms with Gasteiger partial charge in [0.1, 0.15) is 10.6 Å². The number of furan rings is 1. The summed E-state index contributed by atoms with van der Waals surface area (Å²) in [6.07, 6.45) is 1.30. The molecule has 0 fully saturated rings. The fourth-order valence-electron chi connectivity index (χ4n) is 2.89. The van der Waals surface area contributed by atoms with E-state index in [1.54, 1.807) is 22.9 Å². The van der Waals surface area contributed by atoms with Gasteiger partial charge in [0, 0.05) is 10.9 Å². The zero-order valence-corrected chi connectivity index (χ0v) is 18.5. The molecule has 0 aliphatic rings. The van der Waals surface area contributed by atoms with Gasteiger partial charge in [0.05, 0.1) is 11.1 Å². The van der Waals surface area contributed by atoms with E-state index in [4.69, 9.17) is 9.15 Å². The van der Waals surface area contributed by atoms with E-state index in [1.165, 1.54) is 41.1 Å². The van der Waals surface area contributed by atoms with Gasteiger partial charge in [-0.1, -0.05) is 36.4 Å². The molecule has 3 heterocycles. The number of rotatable bonds is 7. The molecule has 0 unspecified atom stereocenters. The van der Waals surface area contributed by atoms with Crippen LogP contribution in [-0.4, -0.2) is 30.3 Å². The molecule has 0 saturated heterocycles. The number of carbonyl (C=O) groups excluding carboxylic acids is 4. The zero-order valence-electron chi connectivity index (χ0n) is 16.9. The Labute approximate surface area is 195 Å². The Hall–Kier alpha value is -4.02. The number of amides is 3. The van der Waals surface area contributed by atoms with Crippen LogP contribution in [0.2, 0.25) is 0 Å². The Morgan fingerprint density at radius 2 is 1.73 bits per heavy atom. The average Bonchev–Trinajstić information content (AvgIpc) is 3.60. The van der Waals surface area contributed by atoms with Gasteiger partial charge < -0.3 is 14.5 Å². The Kier molecular flexibility index (Phi) is 6.77. The third kappa shape index (κ3) is 5.25. The van der Waals surface area contributed by atoms with Crippen LogP contribution >= 0.6 is 22.7 Å². The van der Waals surface area contributed by atoms with E-state index in [-0.39, 0.29) is 17.2 Å². The van der Waals surface area contributed by atoms with Crippen molar-refractivity contribution < 1.29 is 28.3 Å². The molecule has 3 aromatic heterocycles. The Morgan fingerprint density at radius 3 is 2.42 bits per heavy atom. The van der Waals surface area contributed by atoms with E-state index in [9.17, 15) is 19.2 Å². The van der Waals surface area contributed by atoms with Crippen molar-refractivity contribution in [1.82, 2.24) is 5.32 Å². The molecule has 0 aliphatic heterocycles. The van der Waals surface area contributed by atoms with Crippen LogP contribution in [0.25, 0.3) is 11.1 Å². The van der Waals surface area contributed by atoms with Crippen molar-refractivity contribution in [3.05, 3.63) is 87.8 Å². The smallest absolute Gasteiger partial charge is 0.342 e. The standard InChI is InChI=1S/C23H16N2O6S2/c26-18(24-20(27)16-8-4-10-30-16)12-31-23(29)19-15(14-6-2-1-3-7-14)13-33-22(19)25-21(28)17-9-5-11-32-17/h1-11,13H,12H2,(H,25,28)(H,24,26,27). The molecule has 166 valence electrons. The first-order valence-corrected chi connectivity index (χ1v) is 11.4. The molecule has 0 aliphatic carbocycles. The molecular formula is C23H16N2O6S2. The first kappa shape index (κ1) is 22.2. The summed E-state index contributed by atoms with van der Waals surface area (Å²) in [4.78, 5) is 50.0. The molecule has 3 amide bonds. The molecular weight excluding hydrogens is 464 g/mol. The number of hydrogen-bond donors (Lipinski definition) is 2. The number of ether oxygens (including phenoxy) is 1. The van der Waals surface area contributed by atoms with E-state index >= 15 is 0 Å². The highest BCUT2D eigenvalue weighted by Crippen LogP contribution is 2.36. The minimum atomic E-state index is -0.814. The predicted octanol–water partition coefficient (Wildman–Crippen LogP) is 4.44. The van der Waals surface area contributed by atoms with Crippen molar-refractivity contribution in [2.75, 3.05) is 11.9 Å². The molecule has 8 nitrogen and oxygen atoms in total. The van der Waals surface area contributed by atoms with Gasteiger partial charge >= 0.3 is 5.97 Å². The summed E-state index contributed by atoms with van der Waals surface area (Å²) >= 11 is 2.44. The summed E-state index contributed by atoms with van der Waals surface area (Å²) in [6, 6.07) is 15.4. The van der Waals surface area contributed by atoms with Crippen molar-refractivity contribution in [1.29, 1.82) is 0 Å². The molecule has 0 saturated carbocycles. The van der Waals surface area contributed by atoms with Gasteiger partial charge in [0.2, 0.25) is 0 Å². The van der Waals surface area contributed by atoms with Crippen LogP contribution in [0, 0.1) is 0 Å². The highest BCUT2D eigenvalue weighted by Gasteiger charge is 2.24. The molecule has 2 N–H and O–H groups in total. The lowest BCUT2D eigenvalue weighted by molar-refractivity contribution is -0.123. The van der Waals surface area contributed by atoms with E-state index in [2.05, 4.69) is 10.6 Å². The zero-order chi connectivity index (χ0) is 23.2. The monoisotopic (exact) mass is 480 g/mol. The minimum absolute atomic E-state index is 0.0440. The van der Waals surface area contributed by atoms with Crippen molar-refractivity contribution >= 4 is 51.4 Å². The van der Waals surface area contributed by atoms with Gasteiger partial charge in [-0.3, -0.25) is 19.7 Å². The summed E-state index contributed by atoms with van der Waals surface area (Å²) < 4.78 is 10.1. The number of imide groups is 1. The molecule has 1 aromatic carbocycles. The molecule has 4 aromatic rings. The molecule has 4 rings (SSSR count). The highest BCUT2D eigenvalue weighted by molar-refractivity contribution is 7.15. The van der Waals surface area contributed by atoms with E-state index in [0.29, 0.717) is 15.4 Å². The summed E-state index contributed by atoms with van der Waals surface area (Å²) in [5.74, 6) is -2.77. The number of thiophene rings is 2. The fourth-order valence-corrected chi connectivity index (χ4v) is 4.46. The second-order valence-corrected chi connectivity index (χ2v) is 8.41. The normalized spacial score (nSPS) is 10.4. The van der Waals surface area contributed by atoms with Gasteiger partial charge in [-0.15, -0.1) is 22.7 Å².